The molecule has 0 aliphatic rings. The molecule has 0 aliphatic heterocycles. The maximum atomic E-state index is 10.7. The van der Waals surface area contributed by atoms with Crippen LogP contribution in [0, 0.1) is 0 Å². The van der Waals surface area contributed by atoms with E-state index in [9.17, 15) is 9.90 Å². The molecule has 0 radical (unpaired) electrons. The molecule has 0 aliphatic carbocycles. The number of aliphatic hydroxyl groups is 1. The Hall–Kier alpha value is -1.35. The SMILES string of the molecule is CC(=O)NCc1ccc(C(C)(C)O)cc1. The van der Waals surface area contributed by atoms with E-state index in [-0.39, 0.29) is 5.91 Å². The molecule has 0 unspecified atom stereocenters. The van der Waals surface area contributed by atoms with E-state index < -0.39 is 5.60 Å². The van der Waals surface area contributed by atoms with Gasteiger partial charge in [0.1, 0.15) is 0 Å². The van der Waals surface area contributed by atoms with Gasteiger partial charge in [-0.05, 0) is 25.0 Å². The lowest BCUT2D eigenvalue weighted by Gasteiger charge is -2.17. The third-order valence-corrected chi connectivity index (χ3v) is 2.20. The summed E-state index contributed by atoms with van der Waals surface area (Å²) in [6.07, 6.45) is 0. The van der Waals surface area contributed by atoms with Crippen LogP contribution in [0.2, 0.25) is 0 Å². The Morgan fingerprint density at radius 3 is 2.27 bits per heavy atom. The molecule has 82 valence electrons. The molecule has 0 fully saturated rings. The van der Waals surface area contributed by atoms with E-state index >= 15 is 0 Å². The largest absolute Gasteiger partial charge is 0.386 e. The number of carbonyl (C=O) groups excluding carboxylic acids is 1. The molecule has 1 aromatic carbocycles. The van der Waals surface area contributed by atoms with Crippen LogP contribution in [-0.2, 0) is 16.9 Å². The van der Waals surface area contributed by atoms with Crippen molar-refractivity contribution >= 4 is 5.91 Å². The minimum atomic E-state index is -0.813. The number of hydrogen-bond acceptors (Lipinski definition) is 2. The molecular weight excluding hydrogens is 190 g/mol. The van der Waals surface area contributed by atoms with Gasteiger partial charge in [0.05, 0.1) is 5.60 Å². The lowest BCUT2D eigenvalue weighted by molar-refractivity contribution is -0.119. The van der Waals surface area contributed by atoms with Crippen LogP contribution in [0.25, 0.3) is 0 Å². The van der Waals surface area contributed by atoms with E-state index in [1.807, 2.05) is 24.3 Å². The minimum Gasteiger partial charge on any atom is -0.386 e. The summed E-state index contributed by atoms with van der Waals surface area (Å²) in [5.74, 6) is -0.0402. The fraction of sp³-hybridized carbons (Fsp3) is 0.417. The highest BCUT2D eigenvalue weighted by Gasteiger charge is 2.14. The zero-order valence-corrected chi connectivity index (χ0v) is 9.37. The van der Waals surface area contributed by atoms with Crippen molar-refractivity contribution in [3.63, 3.8) is 0 Å². The van der Waals surface area contributed by atoms with Crippen LogP contribution in [-0.4, -0.2) is 11.0 Å². The van der Waals surface area contributed by atoms with Gasteiger partial charge >= 0.3 is 0 Å². The maximum Gasteiger partial charge on any atom is 0.217 e. The Morgan fingerprint density at radius 2 is 1.87 bits per heavy atom. The standard InChI is InChI=1S/C12H17NO2/c1-9(14)13-8-10-4-6-11(7-5-10)12(2,3)15/h4-7,15H,8H2,1-3H3,(H,13,14). The third kappa shape index (κ3) is 3.72. The molecule has 3 heteroatoms. The molecule has 2 N–H and O–H groups in total. The van der Waals surface area contributed by atoms with Crippen LogP contribution in [0.5, 0.6) is 0 Å². The highest BCUT2D eigenvalue weighted by Crippen LogP contribution is 2.19. The lowest BCUT2D eigenvalue weighted by atomic mass is 9.97. The number of amides is 1. The van der Waals surface area contributed by atoms with E-state index in [0.29, 0.717) is 6.54 Å². The van der Waals surface area contributed by atoms with Crippen LogP contribution in [0.1, 0.15) is 31.9 Å². The van der Waals surface area contributed by atoms with Gasteiger partial charge in [0.15, 0.2) is 0 Å². The first-order chi connectivity index (χ1) is 6.89. The average molecular weight is 207 g/mol. The van der Waals surface area contributed by atoms with Crippen LogP contribution < -0.4 is 5.32 Å². The van der Waals surface area contributed by atoms with E-state index in [4.69, 9.17) is 0 Å². The molecule has 1 aromatic rings. The van der Waals surface area contributed by atoms with E-state index in [1.54, 1.807) is 13.8 Å². The summed E-state index contributed by atoms with van der Waals surface area (Å²) < 4.78 is 0. The number of benzene rings is 1. The Kier molecular flexibility index (Phi) is 3.48. The Balaban J connectivity index is 2.69. The van der Waals surface area contributed by atoms with E-state index in [0.717, 1.165) is 11.1 Å². The van der Waals surface area contributed by atoms with Gasteiger partial charge in [-0.15, -0.1) is 0 Å². The molecule has 0 bridgehead atoms. The number of hydrogen-bond donors (Lipinski definition) is 2. The van der Waals surface area contributed by atoms with Crippen LogP contribution in [0.15, 0.2) is 24.3 Å². The Morgan fingerprint density at radius 1 is 1.33 bits per heavy atom. The van der Waals surface area contributed by atoms with Gasteiger partial charge in [0.2, 0.25) is 5.91 Å². The minimum absolute atomic E-state index is 0.0402. The van der Waals surface area contributed by atoms with Gasteiger partial charge in [0.25, 0.3) is 0 Å². The molecule has 1 rings (SSSR count). The summed E-state index contributed by atoms with van der Waals surface area (Å²) >= 11 is 0. The summed E-state index contributed by atoms with van der Waals surface area (Å²) in [5, 5.41) is 12.4. The highest BCUT2D eigenvalue weighted by atomic mass is 16.3. The van der Waals surface area contributed by atoms with E-state index in [1.165, 1.54) is 6.92 Å². The second-order valence-electron chi connectivity index (χ2n) is 4.17. The fourth-order valence-corrected chi connectivity index (χ4v) is 1.26. The van der Waals surface area contributed by atoms with E-state index in [2.05, 4.69) is 5.32 Å². The Labute approximate surface area is 90.1 Å². The van der Waals surface area contributed by atoms with Crippen molar-refractivity contribution in [1.82, 2.24) is 5.32 Å². The predicted octanol–water partition coefficient (Wildman–Crippen LogP) is 1.55. The van der Waals surface area contributed by atoms with Crippen molar-refractivity contribution < 1.29 is 9.90 Å². The molecular formula is C12H17NO2. The zero-order chi connectivity index (χ0) is 11.5. The first-order valence-electron chi connectivity index (χ1n) is 4.96. The summed E-state index contributed by atoms with van der Waals surface area (Å²) in [7, 11) is 0. The summed E-state index contributed by atoms with van der Waals surface area (Å²) in [5.41, 5.74) is 1.08. The summed E-state index contributed by atoms with van der Waals surface area (Å²) in [6.45, 7) is 5.51. The number of rotatable bonds is 3. The highest BCUT2D eigenvalue weighted by molar-refractivity contribution is 5.72. The van der Waals surface area contributed by atoms with Crippen LogP contribution in [0.3, 0.4) is 0 Å². The van der Waals surface area contributed by atoms with Crippen molar-refractivity contribution in [2.45, 2.75) is 32.9 Å². The second-order valence-corrected chi connectivity index (χ2v) is 4.17. The van der Waals surface area contributed by atoms with Crippen molar-refractivity contribution in [3.05, 3.63) is 35.4 Å². The van der Waals surface area contributed by atoms with Gasteiger partial charge in [0, 0.05) is 13.5 Å². The fourth-order valence-electron chi connectivity index (χ4n) is 1.26. The molecule has 0 saturated heterocycles. The topological polar surface area (TPSA) is 49.3 Å². The molecule has 0 aromatic heterocycles. The van der Waals surface area contributed by atoms with Gasteiger partial charge in [-0.2, -0.15) is 0 Å². The molecule has 0 spiro atoms. The summed E-state index contributed by atoms with van der Waals surface area (Å²) in [6, 6.07) is 7.56. The first-order valence-corrected chi connectivity index (χ1v) is 4.96. The maximum absolute atomic E-state index is 10.7. The quantitative estimate of drug-likeness (QED) is 0.790. The molecule has 15 heavy (non-hydrogen) atoms. The first kappa shape index (κ1) is 11.7. The molecule has 1 amide bonds. The Bertz CT molecular complexity index is 336. The van der Waals surface area contributed by atoms with Crippen molar-refractivity contribution in [1.29, 1.82) is 0 Å². The van der Waals surface area contributed by atoms with Gasteiger partial charge in [-0.1, -0.05) is 24.3 Å². The monoisotopic (exact) mass is 207 g/mol. The number of carbonyl (C=O) groups is 1. The predicted molar refractivity (Wildman–Crippen MR) is 59.2 cm³/mol. The smallest absolute Gasteiger partial charge is 0.217 e. The molecule has 0 heterocycles. The molecule has 3 nitrogen and oxygen atoms in total. The molecule has 0 saturated carbocycles. The zero-order valence-electron chi connectivity index (χ0n) is 9.37. The second kappa shape index (κ2) is 4.45. The van der Waals surface area contributed by atoms with Crippen molar-refractivity contribution in [2.24, 2.45) is 0 Å². The van der Waals surface area contributed by atoms with Crippen LogP contribution >= 0.6 is 0 Å². The summed E-state index contributed by atoms with van der Waals surface area (Å²) in [4.78, 5) is 10.7. The average Bonchev–Trinajstić information content (AvgIpc) is 2.14. The van der Waals surface area contributed by atoms with Crippen LogP contribution in [0.4, 0.5) is 0 Å². The normalized spacial score (nSPS) is 11.2. The third-order valence-electron chi connectivity index (χ3n) is 2.20. The van der Waals surface area contributed by atoms with Gasteiger partial charge in [-0.3, -0.25) is 4.79 Å². The van der Waals surface area contributed by atoms with Crippen molar-refractivity contribution in [3.8, 4) is 0 Å². The van der Waals surface area contributed by atoms with Gasteiger partial charge in [-0.25, -0.2) is 0 Å². The number of nitrogens with one attached hydrogen (secondary N) is 1. The lowest BCUT2D eigenvalue weighted by Crippen LogP contribution is -2.19. The van der Waals surface area contributed by atoms with Gasteiger partial charge < -0.3 is 10.4 Å². The van der Waals surface area contributed by atoms with Crippen molar-refractivity contribution in [2.75, 3.05) is 0 Å². The molecule has 0 atom stereocenters.